The lowest BCUT2D eigenvalue weighted by Crippen LogP contribution is -2.24. The lowest BCUT2D eigenvalue weighted by atomic mass is 10.2. The molecule has 0 amide bonds. The summed E-state index contributed by atoms with van der Waals surface area (Å²) in [4.78, 5) is 11.9. The molecule has 118 valence electrons. The van der Waals surface area contributed by atoms with Crippen LogP contribution in [0.5, 0.6) is 0 Å². The molecule has 0 bridgehead atoms. The van der Waals surface area contributed by atoms with Crippen molar-refractivity contribution < 1.29 is 9.13 Å². The number of H-pyrrole nitrogens is 1. The van der Waals surface area contributed by atoms with Crippen LogP contribution in [0.2, 0.25) is 0 Å². The number of ether oxygens (including phenoxy) is 1. The van der Waals surface area contributed by atoms with Crippen molar-refractivity contribution in [2.75, 3.05) is 6.61 Å². The van der Waals surface area contributed by atoms with Gasteiger partial charge in [-0.05, 0) is 30.5 Å². The van der Waals surface area contributed by atoms with Gasteiger partial charge in [0.2, 0.25) is 0 Å². The van der Waals surface area contributed by atoms with Crippen LogP contribution in [0, 0.1) is 5.82 Å². The zero-order valence-corrected chi connectivity index (χ0v) is 14.1. The number of nitrogens with one attached hydrogen (secondary N) is 1. The van der Waals surface area contributed by atoms with Crippen molar-refractivity contribution in [2.45, 2.75) is 36.4 Å². The summed E-state index contributed by atoms with van der Waals surface area (Å²) in [6.45, 7) is 1.27. The Hall–Kier alpha value is -1.12. The highest BCUT2D eigenvalue weighted by atomic mass is 79.9. The summed E-state index contributed by atoms with van der Waals surface area (Å²) in [5.41, 5.74) is 0.724. The first-order chi connectivity index (χ1) is 10.6. The number of hydrogen-bond acceptors (Lipinski definition) is 4. The molecule has 1 N–H and O–H groups in total. The number of aromatic nitrogens is 3. The molecule has 1 saturated heterocycles. The quantitative estimate of drug-likeness (QED) is 0.801. The smallest absolute Gasteiger partial charge is 0.344 e. The molecule has 3 rings (SSSR count). The maximum Gasteiger partial charge on any atom is 0.344 e. The lowest BCUT2D eigenvalue weighted by Gasteiger charge is -2.11. The summed E-state index contributed by atoms with van der Waals surface area (Å²) >= 11 is 4.78. The fourth-order valence-corrected chi connectivity index (χ4v) is 3.98. The van der Waals surface area contributed by atoms with E-state index in [0.717, 1.165) is 25.0 Å². The van der Waals surface area contributed by atoms with Crippen LogP contribution in [0.4, 0.5) is 4.39 Å². The Bertz CT molecular complexity index is 712. The van der Waals surface area contributed by atoms with Crippen LogP contribution < -0.4 is 5.69 Å². The second-order valence-electron chi connectivity index (χ2n) is 5.08. The van der Waals surface area contributed by atoms with Gasteiger partial charge in [0.1, 0.15) is 5.82 Å². The Morgan fingerprint density at radius 2 is 2.41 bits per heavy atom. The largest absolute Gasteiger partial charge is 0.376 e. The summed E-state index contributed by atoms with van der Waals surface area (Å²) in [5, 5.41) is 7.17. The molecule has 1 aliphatic heterocycles. The van der Waals surface area contributed by atoms with Crippen LogP contribution in [-0.4, -0.2) is 27.5 Å². The minimum Gasteiger partial charge on any atom is -0.376 e. The Morgan fingerprint density at radius 1 is 1.55 bits per heavy atom. The first kappa shape index (κ1) is 15.8. The number of halogens is 2. The zero-order valence-electron chi connectivity index (χ0n) is 11.7. The van der Waals surface area contributed by atoms with Crippen LogP contribution in [-0.2, 0) is 17.0 Å². The average molecular weight is 388 g/mol. The molecule has 1 unspecified atom stereocenters. The highest BCUT2D eigenvalue weighted by Gasteiger charge is 2.19. The van der Waals surface area contributed by atoms with Crippen molar-refractivity contribution in [3.63, 3.8) is 0 Å². The molecule has 5 nitrogen and oxygen atoms in total. The monoisotopic (exact) mass is 387 g/mol. The van der Waals surface area contributed by atoms with Gasteiger partial charge in [-0.2, -0.15) is 0 Å². The van der Waals surface area contributed by atoms with Crippen molar-refractivity contribution in [1.29, 1.82) is 0 Å². The van der Waals surface area contributed by atoms with Crippen molar-refractivity contribution in [3.8, 4) is 0 Å². The van der Waals surface area contributed by atoms with Gasteiger partial charge < -0.3 is 4.74 Å². The molecule has 22 heavy (non-hydrogen) atoms. The highest BCUT2D eigenvalue weighted by Crippen LogP contribution is 2.26. The van der Waals surface area contributed by atoms with E-state index >= 15 is 0 Å². The van der Waals surface area contributed by atoms with Crippen molar-refractivity contribution in [2.24, 2.45) is 0 Å². The molecule has 2 aromatic rings. The second-order valence-corrected chi connectivity index (χ2v) is 6.88. The minimum atomic E-state index is -0.282. The maximum absolute atomic E-state index is 13.1. The van der Waals surface area contributed by atoms with E-state index in [4.69, 9.17) is 4.74 Å². The normalized spacial score (nSPS) is 18.0. The van der Waals surface area contributed by atoms with Crippen LogP contribution in [0.15, 0.2) is 32.6 Å². The summed E-state index contributed by atoms with van der Waals surface area (Å²) in [7, 11) is 0. The van der Waals surface area contributed by atoms with E-state index in [1.54, 1.807) is 10.6 Å². The zero-order chi connectivity index (χ0) is 15.5. The first-order valence-corrected chi connectivity index (χ1v) is 8.75. The molecular weight excluding hydrogens is 373 g/mol. The van der Waals surface area contributed by atoms with Gasteiger partial charge in [-0.25, -0.2) is 14.3 Å². The Labute approximate surface area is 139 Å². The van der Waals surface area contributed by atoms with Crippen molar-refractivity contribution >= 4 is 27.7 Å². The molecule has 1 aromatic heterocycles. The molecule has 8 heteroatoms. The standard InChI is InChI=1S/C14H15BrFN3O2S/c15-12-6-10(16)4-3-9(12)8-22-14-18-17-13(20)19(14)7-11-2-1-5-21-11/h3-4,6,11H,1-2,5,7-8H2,(H,17,20). The van der Waals surface area contributed by atoms with E-state index in [9.17, 15) is 9.18 Å². The van der Waals surface area contributed by atoms with Crippen LogP contribution in [0.25, 0.3) is 0 Å². The van der Waals surface area contributed by atoms with Gasteiger partial charge in [-0.3, -0.25) is 4.57 Å². The third kappa shape index (κ3) is 3.61. The lowest BCUT2D eigenvalue weighted by molar-refractivity contribution is 0.0941. The molecule has 1 aliphatic rings. The van der Waals surface area contributed by atoms with E-state index in [-0.39, 0.29) is 17.6 Å². The van der Waals surface area contributed by atoms with E-state index in [2.05, 4.69) is 26.1 Å². The summed E-state index contributed by atoms with van der Waals surface area (Å²) in [5.74, 6) is 0.312. The third-order valence-corrected chi connectivity index (χ3v) is 5.27. The third-order valence-electron chi connectivity index (χ3n) is 3.51. The van der Waals surface area contributed by atoms with Crippen LogP contribution in [0.1, 0.15) is 18.4 Å². The number of benzene rings is 1. The van der Waals surface area contributed by atoms with Crippen molar-refractivity contribution in [3.05, 3.63) is 44.5 Å². The van der Waals surface area contributed by atoms with Gasteiger partial charge in [-0.1, -0.05) is 33.8 Å². The van der Waals surface area contributed by atoms with E-state index < -0.39 is 0 Å². The van der Waals surface area contributed by atoms with E-state index in [1.165, 1.54) is 23.9 Å². The van der Waals surface area contributed by atoms with Crippen LogP contribution in [0.3, 0.4) is 0 Å². The molecular formula is C14H15BrFN3O2S. The van der Waals surface area contributed by atoms with Gasteiger partial charge in [-0.15, -0.1) is 5.10 Å². The number of nitrogens with zero attached hydrogens (tertiary/aromatic N) is 2. The van der Waals surface area contributed by atoms with Gasteiger partial charge in [0.15, 0.2) is 5.16 Å². The van der Waals surface area contributed by atoms with Crippen LogP contribution >= 0.6 is 27.7 Å². The van der Waals surface area contributed by atoms with Gasteiger partial charge in [0.25, 0.3) is 0 Å². The Morgan fingerprint density at radius 3 is 3.14 bits per heavy atom. The summed E-state index contributed by atoms with van der Waals surface area (Å²) < 4.78 is 21.0. The molecule has 1 aromatic carbocycles. The molecule has 0 radical (unpaired) electrons. The molecule has 0 saturated carbocycles. The van der Waals surface area contributed by atoms with Gasteiger partial charge in [0, 0.05) is 16.8 Å². The maximum atomic E-state index is 13.1. The Kier molecular flexibility index (Phi) is 5.00. The van der Waals surface area contributed by atoms with Gasteiger partial charge >= 0.3 is 5.69 Å². The molecule has 0 spiro atoms. The fourth-order valence-electron chi connectivity index (χ4n) is 2.35. The average Bonchev–Trinajstić information content (AvgIpc) is 3.11. The summed E-state index contributed by atoms with van der Waals surface area (Å²) in [6.07, 6.45) is 2.07. The van der Waals surface area contributed by atoms with Gasteiger partial charge in [0.05, 0.1) is 12.6 Å². The fraction of sp³-hybridized carbons (Fsp3) is 0.429. The number of hydrogen-bond donors (Lipinski definition) is 1. The molecule has 2 heterocycles. The topological polar surface area (TPSA) is 59.9 Å². The molecule has 1 fully saturated rings. The van der Waals surface area contributed by atoms with Crippen molar-refractivity contribution in [1.82, 2.24) is 14.8 Å². The highest BCUT2D eigenvalue weighted by molar-refractivity contribution is 9.10. The summed E-state index contributed by atoms with van der Waals surface area (Å²) in [6, 6.07) is 4.58. The van der Waals surface area contributed by atoms with E-state index in [1.807, 2.05) is 0 Å². The van der Waals surface area contributed by atoms with E-state index in [0.29, 0.717) is 21.9 Å². The predicted molar refractivity (Wildman–Crippen MR) is 85.5 cm³/mol. The number of thioether (sulfide) groups is 1. The number of aromatic amines is 1. The molecule has 1 atom stereocenters. The SMILES string of the molecule is O=c1[nH]nc(SCc2ccc(F)cc2Br)n1CC1CCCO1. The minimum absolute atomic E-state index is 0.0761. The Balaban J connectivity index is 1.71. The number of rotatable bonds is 5. The first-order valence-electron chi connectivity index (χ1n) is 6.97. The second kappa shape index (κ2) is 6.97. The molecule has 0 aliphatic carbocycles. The predicted octanol–water partition coefficient (Wildman–Crippen LogP) is 2.94.